The van der Waals surface area contributed by atoms with Crippen LogP contribution in [0.5, 0.6) is 0 Å². The van der Waals surface area contributed by atoms with Crippen molar-refractivity contribution in [1.82, 2.24) is 10.3 Å². The average Bonchev–Trinajstić information content (AvgIpc) is 2.59. The van der Waals surface area contributed by atoms with Crippen LogP contribution in [-0.2, 0) is 4.79 Å². The third-order valence-electron chi connectivity index (χ3n) is 2.17. The van der Waals surface area contributed by atoms with Crippen LogP contribution >= 0.6 is 11.3 Å². The Morgan fingerprint density at radius 3 is 2.50 bits per heavy atom. The molecule has 0 saturated heterocycles. The van der Waals surface area contributed by atoms with Gasteiger partial charge >= 0.3 is 5.97 Å². The van der Waals surface area contributed by atoms with Crippen LogP contribution in [0.3, 0.4) is 0 Å². The maximum absolute atomic E-state index is 11.7. The molecule has 1 aromatic rings. The predicted octanol–water partition coefficient (Wildman–Crippen LogP) is 1.29. The number of aliphatic carboxylic acids is 1. The Morgan fingerprint density at radius 2 is 2.12 bits per heavy atom. The monoisotopic (exact) mass is 242 g/mol. The number of rotatable bonds is 4. The largest absolute Gasteiger partial charge is 0.480 e. The van der Waals surface area contributed by atoms with Gasteiger partial charge in [0.1, 0.15) is 10.9 Å². The summed E-state index contributed by atoms with van der Waals surface area (Å²) in [4.78, 5) is 27.1. The molecule has 0 saturated carbocycles. The van der Waals surface area contributed by atoms with E-state index in [1.54, 1.807) is 26.3 Å². The molecule has 0 aliphatic heterocycles. The Labute approximate surface area is 97.5 Å². The van der Waals surface area contributed by atoms with Crippen LogP contribution in [0.2, 0.25) is 0 Å². The fraction of sp³-hybridized carbons (Fsp3) is 0.500. The number of aromatic nitrogens is 1. The van der Waals surface area contributed by atoms with E-state index in [1.165, 1.54) is 11.3 Å². The van der Waals surface area contributed by atoms with E-state index in [9.17, 15) is 9.59 Å². The highest BCUT2D eigenvalue weighted by atomic mass is 32.1. The Balaban J connectivity index is 2.77. The van der Waals surface area contributed by atoms with Crippen LogP contribution in [0.25, 0.3) is 0 Å². The number of carbonyl (C=O) groups is 2. The fourth-order valence-corrected chi connectivity index (χ4v) is 1.95. The van der Waals surface area contributed by atoms with Gasteiger partial charge in [-0.05, 0) is 12.8 Å². The molecule has 0 fully saturated rings. The molecule has 0 radical (unpaired) electrons. The van der Waals surface area contributed by atoms with Crippen LogP contribution in [0.1, 0.15) is 29.2 Å². The number of amides is 1. The zero-order chi connectivity index (χ0) is 12.3. The molecule has 2 N–H and O–H groups in total. The molecule has 0 bridgehead atoms. The van der Waals surface area contributed by atoms with E-state index in [2.05, 4.69) is 10.3 Å². The van der Waals surface area contributed by atoms with Crippen molar-refractivity contribution < 1.29 is 14.7 Å². The number of aryl methyl sites for hydroxylation is 1. The lowest BCUT2D eigenvalue weighted by atomic mass is 10.0. The molecular weight excluding hydrogens is 228 g/mol. The second-order valence-corrected chi connectivity index (χ2v) is 4.66. The molecule has 1 rings (SSSR count). The molecule has 1 aromatic heterocycles. The second kappa shape index (κ2) is 5.07. The first-order valence-electron chi connectivity index (χ1n) is 4.87. The van der Waals surface area contributed by atoms with Crippen molar-refractivity contribution >= 4 is 23.2 Å². The van der Waals surface area contributed by atoms with Gasteiger partial charge in [-0.15, -0.1) is 11.3 Å². The van der Waals surface area contributed by atoms with Gasteiger partial charge in [-0.2, -0.15) is 0 Å². The third kappa shape index (κ3) is 2.79. The Kier molecular flexibility index (Phi) is 4.00. The smallest absolute Gasteiger partial charge is 0.326 e. The maximum Gasteiger partial charge on any atom is 0.326 e. The van der Waals surface area contributed by atoms with Gasteiger partial charge in [-0.3, -0.25) is 4.79 Å². The minimum atomic E-state index is -1.02. The number of nitrogens with zero attached hydrogens (tertiary/aromatic N) is 1. The Hall–Kier alpha value is -1.43. The highest BCUT2D eigenvalue weighted by molar-refractivity contribution is 7.11. The van der Waals surface area contributed by atoms with Gasteiger partial charge in [0.05, 0.1) is 11.2 Å². The van der Waals surface area contributed by atoms with Gasteiger partial charge in [-0.25, -0.2) is 9.78 Å². The van der Waals surface area contributed by atoms with Crippen molar-refractivity contribution in [2.45, 2.75) is 26.8 Å². The third-order valence-corrected chi connectivity index (χ3v) is 3.10. The molecule has 5 nitrogen and oxygen atoms in total. The summed E-state index contributed by atoms with van der Waals surface area (Å²) in [5.41, 5.74) is 2.19. The van der Waals surface area contributed by atoms with Crippen molar-refractivity contribution in [2.24, 2.45) is 5.92 Å². The Bertz CT molecular complexity index is 401. The lowest BCUT2D eigenvalue weighted by Gasteiger charge is -2.17. The van der Waals surface area contributed by atoms with E-state index < -0.39 is 12.0 Å². The first-order chi connectivity index (χ1) is 7.43. The highest BCUT2D eigenvalue weighted by Gasteiger charge is 2.25. The van der Waals surface area contributed by atoms with Gasteiger partial charge in [-0.1, -0.05) is 13.8 Å². The highest BCUT2D eigenvalue weighted by Crippen LogP contribution is 2.13. The summed E-state index contributed by atoms with van der Waals surface area (Å²) in [6.45, 7) is 5.22. The summed E-state index contributed by atoms with van der Waals surface area (Å²) >= 11 is 1.21. The molecule has 88 valence electrons. The van der Waals surface area contributed by atoms with E-state index >= 15 is 0 Å². The van der Waals surface area contributed by atoms with Crippen LogP contribution in [-0.4, -0.2) is 28.0 Å². The lowest BCUT2D eigenvalue weighted by molar-refractivity contribution is -0.140. The molecule has 0 aliphatic rings. The summed E-state index contributed by atoms with van der Waals surface area (Å²) in [5.74, 6) is -1.55. The van der Waals surface area contributed by atoms with E-state index in [0.717, 1.165) is 0 Å². The molecule has 6 heteroatoms. The number of thiazole rings is 1. The summed E-state index contributed by atoms with van der Waals surface area (Å²) in [5, 5.41) is 11.4. The van der Waals surface area contributed by atoms with E-state index in [1.807, 2.05) is 0 Å². The van der Waals surface area contributed by atoms with Crippen LogP contribution in [0, 0.1) is 12.8 Å². The molecule has 0 unspecified atom stereocenters. The van der Waals surface area contributed by atoms with Gasteiger partial charge in [0.15, 0.2) is 0 Å². The van der Waals surface area contributed by atoms with E-state index in [-0.39, 0.29) is 11.8 Å². The van der Waals surface area contributed by atoms with Crippen molar-refractivity contribution in [1.29, 1.82) is 0 Å². The number of carboxylic acid groups (broad SMARTS) is 1. The standard InChI is InChI=1S/C10H14N2O3S/c1-5(2)7(10(14)15)12-9(13)8-6(3)11-4-16-8/h4-5,7H,1-3H3,(H,12,13)(H,14,15)/t7-/m1/s1. The summed E-state index contributed by atoms with van der Waals surface area (Å²) in [6.07, 6.45) is 0. The number of carbonyl (C=O) groups excluding carboxylic acids is 1. The zero-order valence-electron chi connectivity index (χ0n) is 9.35. The molecule has 0 spiro atoms. The van der Waals surface area contributed by atoms with Gasteiger partial charge < -0.3 is 10.4 Å². The summed E-state index contributed by atoms with van der Waals surface area (Å²) in [7, 11) is 0. The zero-order valence-corrected chi connectivity index (χ0v) is 10.2. The minimum Gasteiger partial charge on any atom is -0.480 e. The molecule has 1 heterocycles. The second-order valence-electron chi connectivity index (χ2n) is 3.80. The first kappa shape index (κ1) is 12.6. The SMILES string of the molecule is Cc1ncsc1C(=O)N[C@@H](C(=O)O)C(C)C. The minimum absolute atomic E-state index is 0.158. The van der Waals surface area contributed by atoms with Gasteiger partial charge in [0, 0.05) is 0 Å². The van der Waals surface area contributed by atoms with Crippen LogP contribution < -0.4 is 5.32 Å². The Morgan fingerprint density at radius 1 is 1.50 bits per heavy atom. The fourth-order valence-electron chi connectivity index (χ4n) is 1.24. The molecule has 1 amide bonds. The average molecular weight is 242 g/mol. The van der Waals surface area contributed by atoms with Gasteiger partial charge in [0.25, 0.3) is 5.91 Å². The van der Waals surface area contributed by atoms with Crippen LogP contribution in [0.4, 0.5) is 0 Å². The number of hydrogen-bond acceptors (Lipinski definition) is 4. The van der Waals surface area contributed by atoms with Crippen molar-refractivity contribution in [3.05, 3.63) is 16.1 Å². The number of hydrogen-bond donors (Lipinski definition) is 2. The summed E-state index contributed by atoms with van der Waals surface area (Å²) < 4.78 is 0. The topological polar surface area (TPSA) is 79.3 Å². The number of nitrogens with one attached hydrogen (secondary N) is 1. The lowest BCUT2D eigenvalue weighted by Crippen LogP contribution is -2.44. The van der Waals surface area contributed by atoms with E-state index in [0.29, 0.717) is 10.6 Å². The van der Waals surface area contributed by atoms with E-state index in [4.69, 9.17) is 5.11 Å². The van der Waals surface area contributed by atoms with Gasteiger partial charge in [0.2, 0.25) is 0 Å². The van der Waals surface area contributed by atoms with Crippen molar-refractivity contribution in [3.8, 4) is 0 Å². The molecule has 0 aromatic carbocycles. The molecule has 16 heavy (non-hydrogen) atoms. The van der Waals surface area contributed by atoms with Crippen molar-refractivity contribution in [3.63, 3.8) is 0 Å². The first-order valence-corrected chi connectivity index (χ1v) is 5.75. The molecular formula is C10H14N2O3S. The molecule has 1 atom stereocenters. The predicted molar refractivity (Wildman–Crippen MR) is 60.6 cm³/mol. The number of carboxylic acids is 1. The normalized spacial score (nSPS) is 12.5. The van der Waals surface area contributed by atoms with Crippen molar-refractivity contribution in [2.75, 3.05) is 0 Å². The van der Waals surface area contributed by atoms with Crippen LogP contribution in [0.15, 0.2) is 5.51 Å². The quantitative estimate of drug-likeness (QED) is 0.833. The maximum atomic E-state index is 11.7. The summed E-state index contributed by atoms with van der Waals surface area (Å²) in [6, 6.07) is -0.867. The molecule has 0 aliphatic carbocycles.